The van der Waals surface area contributed by atoms with E-state index in [0.29, 0.717) is 13.0 Å². The Hall–Kier alpha value is -2.29. The van der Waals surface area contributed by atoms with Gasteiger partial charge in [0.05, 0.1) is 0 Å². The highest BCUT2D eigenvalue weighted by Gasteiger charge is 2.12. The normalized spacial score (nSPS) is 12.6. The third kappa shape index (κ3) is 3.24. The van der Waals surface area contributed by atoms with Crippen molar-refractivity contribution in [3.05, 3.63) is 53.6 Å². The van der Waals surface area contributed by atoms with Crippen molar-refractivity contribution >= 4 is 22.8 Å². The zero-order valence-corrected chi connectivity index (χ0v) is 12.3. The second-order valence-electron chi connectivity index (χ2n) is 5.53. The summed E-state index contributed by atoms with van der Waals surface area (Å²) in [7, 11) is 0. The van der Waals surface area contributed by atoms with E-state index in [1.54, 1.807) is 6.92 Å². The zero-order valence-electron chi connectivity index (χ0n) is 12.3. The van der Waals surface area contributed by atoms with Gasteiger partial charge in [0.25, 0.3) is 0 Å². The number of aryl methyl sites for hydroxylation is 2. The monoisotopic (exact) mass is 280 g/mol. The Morgan fingerprint density at radius 1 is 1.10 bits per heavy atom. The summed E-state index contributed by atoms with van der Waals surface area (Å²) < 4.78 is 0. The summed E-state index contributed by atoms with van der Waals surface area (Å²) in [4.78, 5) is 11.0. The average molecular weight is 280 g/mol. The Morgan fingerprint density at radius 2 is 1.86 bits per heavy atom. The van der Waals surface area contributed by atoms with Crippen LogP contribution in [0.1, 0.15) is 24.5 Å². The minimum atomic E-state index is 0.212. The number of nitrogens with one attached hydrogen (secondary N) is 2. The number of para-hydroxylation sites is 1. The highest BCUT2D eigenvalue weighted by atomic mass is 16.1. The fourth-order valence-electron chi connectivity index (χ4n) is 2.68. The Labute approximate surface area is 125 Å². The van der Waals surface area contributed by atoms with E-state index in [4.69, 9.17) is 0 Å². The largest absolute Gasteiger partial charge is 0.385 e. The Kier molecular flexibility index (Phi) is 3.91. The SMILES string of the molecule is CC(=O)CCNc1ccc2c(c1)Nc1ccccc1CC2. The van der Waals surface area contributed by atoms with Crippen molar-refractivity contribution in [1.29, 1.82) is 0 Å². The van der Waals surface area contributed by atoms with E-state index in [2.05, 4.69) is 53.1 Å². The molecule has 0 bridgehead atoms. The van der Waals surface area contributed by atoms with Gasteiger partial charge < -0.3 is 10.6 Å². The number of rotatable bonds is 4. The molecule has 1 aliphatic rings. The first-order chi connectivity index (χ1) is 10.2. The van der Waals surface area contributed by atoms with Gasteiger partial charge in [-0.15, -0.1) is 0 Å². The fraction of sp³-hybridized carbons (Fsp3) is 0.278. The van der Waals surface area contributed by atoms with E-state index in [9.17, 15) is 4.79 Å². The molecule has 3 rings (SSSR count). The average Bonchev–Trinajstić information content (AvgIpc) is 2.65. The van der Waals surface area contributed by atoms with E-state index in [-0.39, 0.29) is 5.78 Å². The molecule has 0 unspecified atom stereocenters. The molecule has 0 saturated heterocycles. The van der Waals surface area contributed by atoms with Crippen LogP contribution in [0, 0.1) is 0 Å². The molecule has 2 aromatic rings. The molecule has 0 amide bonds. The van der Waals surface area contributed by atoms with E-state index in [1.165, 1.54) is 16.8 Å². The van der Waals surface area contributed by atoms with Crippen LogP contribution in [0.3, 0.4) is 0 Å². The van der Waals surface area contributed by atoms with Crippen molar-refractivity contribution in [2.45, 2.75) is 26.2 Å². The second-order valence-corrected chi connectivity index (χ2v) is 5.53. The fourth-order valence-corrected chi connectivity index (χ4v) is 2.68. The summed E-state index contributed by atoms with van der Waals surface area (Å²) in [5.41, 5.74) is 6.11. The molecule has 3 heteroatoms. The predicted molar refractivity (Wildman–Crippen MR) is 87.4 cm³/mol. The lowest BCUT2D eigenvalue weighted by Gasteiger charge is -2.12. The smallest absolute Gasteiger partial charge is 0.131 e. The molecule has 0 atom stereocenters. The molecule has 21 heavy (non-hydrogen) atoms. The third-order valence-electron chi connectivity index (χ3n) is 3.87. The van der Waals surface area contributed by atoms with Crippen LogP contribution in [0.5, 0.6) is 0 Å². The Balaban J connectivity index is 1.79. The number of carbonyl (C=O) groups is 1. The molecule has 0 aliphatic carbocycles. The first-order valence-corrected chi connectivity index (χ1v) is 7.43. The van der Waals surface area contributed by atoms with Gasteiger partial charge in [0.15, 0.2) is 0 Å². The van der Waals surface area contributed by atoms with E-state index in [1.807, 2.05) is 0 Å². The topological polar surface area (TPSA) is 41.1 Å². The molecule has 2 N–H and O–H groups in total. The van der Waals surface area contributed by atoms with Crippen molar-refractivity contribution < 1.29 is 4.79 Å². The van der Waals surface area contributed by atoms with Crippen molar-refractivity contribution in [1.82, 2.24) is 0 Å². The van der Waals surface area contributed by atoms with Gasteiger partial charge in [0.2, 0.25) is 0 Å². The van der Waals surface area contributed by atoms with Crippen LogP contribution in [-0.4, -0.2) is 12.3 Å². The summed E-state index contributed by atoms with van der Waals surface area (Å²) in [5, 5.41) is 6.85. The Bertz CT molecular complexity index is 664. The molecule has 3 nitrogen and oxygen atoms in total. The molecule has 0 saturated carbocycles. The summed E-state index contributed by atoms with van der Waals surface area (Å²) >= 11 is 0. The molecule has 2 aromatic carbocycles. The van der Waals surface area contributed by atoms with Crippen molar-refractivity contribution in [2.75, 3.05) is 17.2 Å². The molecular weight excluding hydrogens is 260 g/mol. The van der Waals surface area contributed by atoms with Gasteiger partial charge >= 0.3 is 0 Å². The van der Waals surface area contributed by atoms with E-state index in [0.717, 1.165) is 24.2 Å². The lowest BCUT2D eigenvalue weighted by Crippen LogP contribution is -2.06. The minimum Gasteiger partial charge on any atom is -0.385 e. The first kappa shape index (κ1) is 13.7. The molecule has 0 fully saturated rings. The summed E-state index contributed by atoms with van der Waals surface area (Å²) in [6.45, 7) is 2.31. The van der Waals surface area contributed by atoms with Crippen LogP contribution in [-0.2, 0) is 17.6 Å². The van der Waals surface area contributed by atoms with Gasteiger partial charge in [-0.05, 0) is 49.1 Å². The van der Waals surface area contributed by atoms with Crippen LogP contribution < -0.4 is 10.6 Å². The molecule has 0 radical (unpaired) electrons. The summed E-state index contributed by atoms with van der Waals surface area (Å²) in [6.07, 6.45) is 2.67. The highest BCUT2D eigenvalue weighted by Crippen LogP contribution is 2.31. The number of ketones is 1. The maximum Gasteiger partial charge on any atom is 0.131 e. The highest BCUT2D eigenvalue weighted by molar-refractivity contribution is 5.76. The second kappa shape index (κ2) is 6.00. The number of benzene rings is 2. The molecule has 1 aliphatic heterocycles. The lowest BCUT2D eigenvalue weighted by atomic mass is 10.0. The zero-order chi connectivity index (χ0) is 14.7. The molecule has 0 aromatic heterocycles. The van der Waals surface area contributed by atoms with Crippen molar-refractivity contribution in [3.63, 3.8) is 0 Å². The predicted octanol–water partition coefficient (Wildman–Crippen LogP) is 3.92. The van der Waals surface area contributed by atoms with Crippen LogP contribution in [0.25, 0.3) is 0 Å². The number of Topliss-reactive ketones (excluding diaryl/α,β-unsaturated/α-hetero) is 1. The quantitative estimate of drug-likeness (QED) is 0.892. The van der Waals surface area contributed by atoms with Crippen LogP contribution >= 0.6 is 0 Å². The van der Waals surface area contributed by atoms with Gasteiger partial charge in [-0.2, -0.15) is 0 Å². The first-order valence-electron chi connectivity index (χ1n) is 7.43. The summed E-state index contributed by atoms with van der Waals surface area (Å²) in [6, 6.07) is 14.9. The van der Waals surface area contributed by atoms with E-state index >= 15 is 0 Å². The van der Waals surface area contributed by atoms with Gasteiger partial charge in [-0.25, -0.2) is 0 Å². The lowest BCUT2D eigenvalue weighted by molar-refractivity contribution is -0.116. The third-order valence-corrected chi connectivity index (χ3v) is 3.87. The molecule has 108 valence electrons. The number of fused-ring (bicyclic) bond motifs is 2. The molecular formula is C18H20N2O. The van der Waals surface area contributed by atoms with Gasteiger partial charge in [0.1, 0.15) is 5.78 Å². The van der Waals surface area contributed by atoms with Crippen molar-refractivity contribution in [3.8, 4) is 0 Å². The maximum atomic E-state index is 11.0. The molecule has 1 heterocycles. The summed E-state index contributed by atoms with van der Waals surface area (Å²) in [5.74, 6) is 0.212. The number of carbonyl (C=O) groups excluding carboxylic acids is 1. The molecule has 0 spiro atoms. The number of hydrogen-bond donors (Lipinski definition) is 2. The number of hydrogen-bond acceptors (Lipinski definition) is 3. The van der Waals surface area contributed by atoms with Gasteiger partial charge in [0, 0.05) is 30.0 Å². The Morgan fingerprint density at radius 3 is 2.67 bits per heavy atom. The minimum absolute atomic E-state index is 0.212. The van der Waals surface area contributed by atoms with Crippen LogP contribution in [0.2, 0.25) is 0 Å². The van der Waals surface area contributed by atoms with Crippen molar-refractivity contribution in [2.24, 2.45) is 0 Å². The standard InChI is InChI=1S/C18H20N2O/c1-13(21)10-11-19-16-9-8-15-7-6-14-4-2-3-5-17(14)20-18(15)12-16/h2-5,8-9,12,19-20H,6-7,10-11H2,1H3. The van der Waals surface area contributed by atoms with E-state index < -0.39 is 0 Å². The maximum absolute atomic E-state index is 11.0. The van der Waals surface area contributed by atoms with Crippen LogP contribution in [0.15, 0.2) is 42.5 Å². The van der Waals surface area contributed by atoms with Gasteiger partial charge in [-0.3, -0.25) is 4.79 Å². The van der Waals surface area contributed by atoms with Crippen LogP contribution in [0.4, 0.5) is 17.1 Å². The van der Waals surface area contributed by atoms with Gasteiger partial charge in [-0.1, -0.05) is 24.3 Å². The number of anilines is 3.